The van der Waals surface area contributed by atoms with Crippen LogP contribution in [0, 0.1) is 0 Å². The Morgan fingerprint density at radius 1 is 1.06 bits per heavy atom. The average molecular weight is 428 g/mol. The molecule has 0 aromatic carbocycles. The van der Waals surface area contributed by atoms with E-state index in [-0.39, 0.29) is 18.2 Å². The van der Waals surface area contributed by atoms with Gasteiger partial charge >= 0.3 is 0 Å². The third-order valence-corrected chi connectivity index (χ3v) is 5.93. The van der Waals surface area contributed by atoms with Crippen LogP contribution in [-0.2, 0) is 13.5 Å². The van der Waals surface area contributed by atoms with Crippen LogP contribution in [0.25, 0.3) is 22.0 Å². The number of aryl methyl sites for hydroxylation is 1. The maximum atomic E-state index is 13.0. The van der Waals surface area contributed by atoms with E-state index < -0.39 is 0 Å². The molecule has 0 amide bonds. The third kappa shape index (κ3) is 4.22. The van der Waals surface area contributed by atoms with Crippen LogP contribution in [0.3, 0.4) is 0 Å². The number of anilines is 1. The zero-order valence-corrected chi connectivity index (χ0v) is 18.0. The monoisotopic (exact) mass is 427 g/mol. The molecule has 1 fully saturated rings. The van der Waals surface area contributed by atoms with Gasteiger partial charge in [-0.1, -0.05) is 0 Å². The minimum absolute atomic E-state index is 0.0238. The van der Waals surface area contributed by atoms with E-state index in [1.165, 1.54) is 0 Å². The predicted octanol–water partition coefficient (Wildman–Crippen LogP) is 2.78. The van der Waals surface area contributed by atoms with Crippen molar-refractivity contribution in [1.82, 2.24) is 24.7 Å². The van der Waals surface area contributed by atoms with Gasteiger partial charge in [-0.15, -0.1) is 0 Å². The van der Waals surface area contributed by atoms with Crippen molar-refractivity contribution in [2.75, 3.05) is 18.0 Å². The number of nitrogens with two attached hydrogens (primary N) is 1. The van der Waals surface area contributed by atoms with E-state index in [0.717, 1.165) is 59.5 Å². The summed E-state index contributed by atoms with van der Waals surface area (Å²) in [6, 6.07) is 7.87. The number of pyridine rings is 3. The molecule has 4 aromatic heterocycles. The smallest absolute Gasteiger partial charge is 0.169 e. The Hall–Kier alpha value is -3.65. The van der Waals surface area contributed by atoms with E-state index in [1.54, 1.807) is 35.5 Å². The summed E-state index contributed by atoms with van der Waals surface area (Å²) in [5.74, 6) is 0.858. The number of hydrogen-bond donors (Lipinski definition) is 1. The largest absolute Gasteiger partial charge is 0.356 e. The maximum Gasteiger partial charge on any atom is 0.169 e. The summed E-state index contributed by atoms with van der Waals surface area (Å²) in [7, 11) is 1.88. The van der Waals surface area contributed by atoms with Crippen molar-refractivity contribution in [3.63, 3.8) is 0 Å². The first-order chi connectivity index (χ1) is 15.5. The van der Waals surface area contributed by atoms with Gasteiger partial charge in [-0.05, 0) is 42.5 Å². The summed E-state index contributed by atoms with van der Waals surface area (Å²) >= 11 is 0. The molecular formula is C24H25N7O. The van der Waals surface area contributed by atoms with Gasteiger partial charge in [0.05, 0.1) is 18.3 Å². The number of carbonyl (C=O) groups excluding carboxylic acids is 1. The molecule has 1 saturated heterocycles. The molecule has 1 aliphatic heterocycles. The van der Waals surface area contributed by atoms with Gasteiger partial charge in [-0.3, -0.25) is 19.4 Å². The number of hydrogen-bond acceptors (Lipinski definition) is 7. The molecular weight excluding hydrogens is 402 g/mol. The Morgan fingerprint density at radius 2 is 1.88 bits per heavy atom. The quantitative estimate of drug-likeness (QED) is 0.489. The minimum atomic E-state index is 0.0238. The van der Waals surface area contributed by atoms with Crippen LogP contribution in [-0.4, -0.2) is 49.6 Å². The summed E-state index contributed by atoms with van der Waals surface area (Å²) < 4.78 is 1.75. The van der Waals surface area contributed by atoms with E-state index in [2.05, 4.69) is 25.0 Å². The van der Waals surface area contributed by atoms with Gasteiger partial charge in [0.2, 0.25) is 0 Å². The molecule has 0 atom stereocenters. The lowest BCUT2D eigenvalue weighted by Gasteiger charge is -2.31. The molecule has 0 spiro atoms. The van der Waals surface area contributed by atoms with Crippen molar-refractivity contribution >= 4 is 22.4 Å². The zero-order chi connectivity index (χ0) is 22.1. The van der Waals surface area contributed by atoms with Crippen LogP contribution in [0.2, 0.25) is 0 Å². The molecule has 162 valence electrons. The molecule has 8 nitrogen and oxygen atoms in total. The van der Waals surface area contributed by atoms with E-state index in [1.807, 2.05) is 31.4 Å². The highest BCUT2D eigenvalue weighted by atomic mass is 16.1. The number of ketones is 1. The van der Waals surface area contributed by atoms with Gasteiger partial charge in [0.1, 0.15) is 5.82 Å². The lowest BCUT2D eigenvalue weighted by Crippen LogP contribution is -2.40. The van der Waals surface area contributed by atoms with Gasteiger partial charge in [-0.2, -0.15) is 5.10 Å². The zero-order valence-electron chi connectivity index (χ0n) is 18.0. The molecule has 5 heterocycles. The maximum absolute atomic E-state index is 13.0. The Morgan fingerprint density at radius 3 is 2.66 bits per heavy atom. The van der Waals surface area contributed by atoms with Gasteiger partial charge < -0.3 is 10.6 Å². The standard InChI is InChI=1S/C24H25N7O/c1-30-15-19(14-29-30)22-9-17-8-21(27-12-18(17)13-28-22)11-23(32)16-2-5-26-24(10-16)31-6-3-20(25)4-7-31/h2,5,8-10,12-15,20H,3-4,6-7,11,25H2,1H3. The van der Waals surface area contributed by atoms with Gasteiger partial charge in [0.15, 0.2) is 5.78 Å². The summed E-state index contributed by atoms with van der Waals surface area (Å²) in [6.45, 7) is 1.73. The first-order valence-electron chi connectivity index (χ1n) is 10.8. The Balaban J connectivity index is 1.36. The van der Waals surface area contributed by atoms with Gasteiger partial charge in [-0.25, -0.2) is 4.98 Å². The second-order valence-corrected chi connectivity index (χ2v) is 8.32. The van der Waals surface area contributed by atoms with Crippen molar-refractivity contribution in [2.24, 2.45) is 12.8 Å². The Bertz CT molecular complexity index is 1270. The van der Waals surface area contributed by atoms with Crippen LogP contribution >= 0.6 is 0 Å². The highest BCUT2D eigenvalue weighted by molar-refractivity contribution is 5.98. The van der Waals surface area contributed by atoms with E-state index >= 15 is 0 Å². The van der Waals surface area contributed by atoms with Crippen molar-refractivity contribution in [3.05, 3.63) is 66.5 Å². The minimum Gasteiger partial charge on any atom is -0.356 e. The molecule has 0 aliphatic carbocycles. The topological polar surface area (TPSA) is 103 Å². The molecule has 32 heavy (non-hydrogen) atoms. The molecule has 2 N–H and O–H groups in total. The molecule has 4 aromatic rings. The van der Waals surface area contributed by atoms with Crippen LogP contribution in [0.15, 0.2) is 55.2 Å². The van der Waals surface area contributed by atoms with Crippen molar-refractivity contribution in [3.8, 4) is 11.3 Å². The van der Waals surface area contributed by atoms with Gasteiger partial charge in [0, 0.05) is 73.2 Å². The molecule has 0 bridgehead atoms. The van der Waals surface area contributed by atoms with Crippen LogP contribution in [0.4, 0.5) is 5.82 Å². The van der Waals surface area contributed by atoms with E-state index in [9.17, 15) is 4.79 Å². The van der Waals surface area contributed by atoms with E-state index in [0.29, 0.717) is 5.56 Å². The number of nitrogens with zero attached hydrogens (tertiary/aromatic N) is 6. The summed E-state index contributed by atoms with van der Waals surface area (Å²) in [5.41, 5.74) is 9.18. The normalized spacial score (nSPS) is 14.8. The van der Waals surface area contributed by atoms with Crippen molar-refractivity contribution in [1.29, 1.82) is 0 Å². The first kappa shape index (κ1) is 20.3. The number of rotatable bonds is 5. The highest BCUT2D eigenvalue weighted by Crippen LogP contribution is 2.23. The fourth-order valence-electron chi connectivity index (χ4n) is 4.05. The van der Waals surface area contributed by atoms with Crippen molar-refractivity contribution in [2.45, 2.75) is 25.3 Å². The molecule has 0 radical (unpaired) electrons. The van der Waals surface area contributed by atoms with E-state index in [4.69, 9.17) is 5.73 Å². The number of fused-ring (bicyclic) bond motifs is 1. The molecule has 0 unspecified atom stereocenters. The summed E-state index contributed by atoms with van der Waals surface area (Å²) in [6.07, 6.45) is 11.1. The van der Waals surface area contributed by atoms with Crippen LogP contribution in [0.5, 0.6) is 0 Å². The number of aromatic nitrogens is 5. The summed E-state index contributed by atoms with van der Waals surface area (Å²) in [4.78, 5) is 28.6. The molecule has 1 aliphatic rings. The summed E-state index contributed by atoms with van der Waals surface area (Å²) in [5, 5.41) is 6.14. The SMILES string of the molecule is Cn1cc(-c2cc3cc(CC(=O)c4ccnc(N5CCC(N)CC5)c4)ncc3cn2)cn1. The highest BCUT2D eigenvalue weighted by Gasteiger charge is 2.18. The Kier molecular flexibility index (Phi) is 5.36. The number of Topliss-reactive ketones (excluding diaryl/α,β-unsaturated/α-hetero) is 1. The fourth-order valence-corrected chi connectivity index (χ4v) is 4.05. The average Bonchev–Trinajstić information content (AvgIpc) is 3.25. The third-order valence-electron chi connectivity index (χ3n) is 5.93. The van der Waals surface area contributed by atoms with Crippen LogP contribution < -0.4 is 10.6 Å². The number of carbonyl (C=O) groups is 1. The van der Waals surface area contributed by atoms with Crippen molar-refractivity contribution < 1.29 is 4.79 Å². The molecule has 0 saturated carbocycles. The fraction of sp³-hybridized carbons (Fsp3) is 0.292. The second kappa shape index (κ2) is 8.47. The molecule has 8 heteroatoms. The Labute approximate surface area is 186 Å². The number of piperidine rings is 1. The first-order valence-corrected chi connectivity index (χ1v) is 10.8. The second-order valence-electron chi connectivity index (χ2n) is 8.32. The van der Waals surface area contributed by atoms with Gasteiger partial charge in [0.25, 0.3) is 0 Å². The predicted molar refractivity (Wildman–Crippen MR) is 123 cm³/mol. The lowest BCUT2D eigenvalue weighted by atomic mass is 10.0. The van der Waals surface area contributed by atoms with Crippen LogP contribution in [0.1, 0.15) is 28.9 Å². The molecule has 5 rings (SSSR count). The lowest BCUT2D eigenvalue weighted by molar-refractivity contribution is 0.0992.